The highest BCUT2D eigenvalue weighted by molar-refractivity contribution is 8.15. The van der Waals surface area contributed by atoms with Crippen LogP contribution in [0.1, 0.15) is 26.0 Å². The number of para-hydroxylation sites is 1. The number of amidine groups is 1. The summed E-state index contributed by atoms with van der Waals surface area (Å²) >= 11 is 1.13. The molecule has 198 valence electrons. The molecule has 38 heavy (non-hydrogen) atoms. The maximum absolute atomic E-state index is 12.7. The van der Waals surface area contributed by atoms with Crippen molar-refractivity contribution in [3.05, 3.63) is 72.5 Å². The largest absolute Gasteiger partial charge is 0.455 e. The zero-order chi connectivity index (χ0) is 27.1. The van der Waals surface area contributed by atoms with E-state index in [1.54, 1.807) is 62.4 Å². The van der Waals surface area contributed by atoms with Crippen molar-refractivity contribution in [3.63, 3.8) is 0 Å². The van der Waals surface area contributed by atoms with E-state index in [1.807, 2.05) is 18.2 Å². The Hall–Kier alpha value is -3.74. The van der Waals surface area contributed by atoms with Gasteiger partial charge < -0.3 is 15.1 Å². The van der Waals surface area contributed by atoms with Crippen molar-refractivity contribution < 1.29 is 22.4 Å². The van der Waals surface area contributed by atoms with Gasteiger partial charge >= 0.3 is 0 Å². The normalized spacial score (nSPS) is 16.9. The van der Waals surface area contributed by atoms with Gasteiger partial charge in [-0.15, -0.1) is 5.10 Å². The van der Waals surface area contributed by atoms with E-state index in [4.69, 9.17) is 4.42 Å². The lowest BCUT2D eigenvalue weighted by Gasteiger charge is -2.18. The molecule has 1 atom stereocenters. The number of thioether (sulfide) groups is 1. The molecule has 3 aromatic rings. The Kier molecular flexibility index (Phi) is 8.77. The Morgan fingerprint density at radius 2 is 1.79 bits per heavy atom. The molecule has 0 aliphatic carbocycles. The molecule has 1 aromatic heterocycles. The Labute approximate surface area is 225 Å². The van der Waals surface area contributed by atoms with E-state index < -0.39 is 15.3 Å². The molecule has 1 saturated heterocycles. The van der Waals surface area contributed by atoms with Crippen LogP contribution in [0.15, 0.2) is 86.2 Å². The molecule has 0 radical (unpaired) electrons. The van der Waals surface area contributed by atoms with Crippen LogP contribution in [0.5, 0.6) is 0 Å². The molecule has 0 spiro atoms. The third-order valence-corrected chi connectivity index (χ3v) is 8.78. The molecule has 2 amide bonds. The average Bonchev–Trinajstić information content (AvgIpc) is 3.52. The summed E-state index contributed by atoms with van der Waals surface area (Å²) in [5.41, 5.74) is 1.38. The monoisotopic (exact) mass is 553 g/mol. The topological polar surface area (TPSA) is 133 Å². The van der Waals surface area contributed by atoms with Crippen molar-refractivity contribution >= 4 is 50.7 Å². The molecule has 0 bridgehead atoms. The highest BCUT2D eigenvalue weighted by Gasteiger charge is 2.32. The smallest absolute Gasteiger partial charge is 0.243 e. The number of furan rings is 1. The highest BCUT2D eigenvalue weighted by Crippen LogP contribution is 2.25. The SMILES string of the molecule is CCN(CC)S(=O)(=O)c1ccc(-c2ccc(/C=N/N=C3\NC(=O)C(CC(=O)Nc4ccccc4)S3)o2)cc1. The van der Waals surface area contributed by atoms with Crippen molar-refractivity contribution in [2.75, 3.05) is 18.4 Å². The lowest BCUT2D eigenvalue weighted by atomic mass is 10.2. The van der Waals surface area contributed by atoms with Gasteiger partial charge in [-0.25, -0.2) is 8.42 Å². The van der Waals surface area contributed by atoms with Gasteiger partial charge in [-0.3, -0.25) is 9.59 Å². The molecule has 0 saturated carbocycles. The van der Waals surface area contributed by atoms with E-state index in [1.165, 1.54) is 10.5 Å². The van der Waals surface area contributed by atoms with Crippen LogP contribution in [-0.4, -0.2) is 54.3 Å². The summed E-state index contributed by atoms with van der Waals surface area (Å²) in [6.45, 7) is 4.40. The van der Waals surface area contributed by atoms with E-state index in [0.29, 0.717) is 41.0 Å². The first-order valence-corrected chi connectivity index (χ1v) is 14.3. The van der Waals surface area contributed by atoms with Crippen LogP contribution in [-0.2, 0) is 19.6 Å². The number of carbonyl (C=O) groups excluding carboxylic acids is 2. The minimum absolute atomic E-state index is 0.00465. The summed E-state index contributed by atoms with van der Waals surface area (Å²) in [5, 5.41) is 13.1. The minimum atomic E-state index is -3.53. The fourth-order valence-corrected chi connectivity index (χ4v) is 6.09. The number of rotatable bonds is 10. The van der Waals surface area contributed by atoms with Crippen LogP contribution in [0.2, 0.25) is 0 Å². The number of anilines is 1. The zero-order valence-corrected chi connectivity index (χ0v) is 22.5. The molecule has 1 aliphatic rings. The third kappa shape index (κ3) is 6.57. The fourth-order valence-electron chi connectivity index (χ4n) is 3.71. The molecule has 4 rings (SSSR count). The number of nitrogens with zero attached hydrogens (tertiary/aromatic N) is 3. The van der Waals surface area contributed by atoms with Crippen LogP contribution >= 0.6 is 11.8 Å². The number of carbonyl (C=O) groups is 2. The van der Waals surface area contributed by atoms with Gasteiger partial charge in [0, 0.05) is 30.8 Å². The van der Waals surface area contributed by atoms with Gasteiger partial charge in [0.25, 0.3) is 0 Å². The molecule has 2 heterocycles. The molecule has 2 aromatic carbocycles. The van der Waals surface area contributed by atoms with Crippen LogP contribution in [0, 0.1) is 0 Å². The summed E-state index contributed by atoms with van der Waals surface area (Å²) in [4.78, 5) is 24.7. The second-order valence-electron chi connectivity index (χ2n) is 8.18. The first-order chi connectivity index (χ1) is 18.3. The van der Waals surface area contributed by atoms with E-state index in [2.05, 4.69) is 20.8 Å². The first kappa shape index (κ1) is 27.3. The van der Waals surface area contributed by atoms with Crippen molar-refractivity contribution in [2.24, 2.45) is 10.2 Å². The van der Waals surface area contributed by atoms with Crippen LogP contribution in [0.25, 0.3) is 11.3 Å². The highest BCUT2D eigenvalue weighted by atomic mass is 32.2. The molecule has 1 fully saturated rings. The Bertz CT molecular complexity index is 1450. The molecule has 12 heteroatoms. The fraction of sp³-hybridized carbons (Fsp3) is 0.231. The second-order valence-corrected chi connectivity index (χ2v) is 11.3. The summed E-state index contributed by atoms with van der Waals surface area (Å²) in [7, 11) is -3.53. The molecule has 1 unspecified atom stereocenters. The maximum atomic E-state index is 12.7. The molecular formula is C26H27N5O5S2. The van der Waals surface area contributed by atoms with Crippen molar-refractivity contribution in [1.29, 1.82) is 0 Å². The van der Waals surface area contributed by atoms with Gasteiger partial charge in [0.05, 0.1) is 11.1 Å². The number of benzene rings is 2. The van der Waals surface area contributed by atoms with E-state index in [0.717, 1.165) is 11.8 Å². The van der Waals surface area contributed by atoms with Gasteiger partial charge in [-0.05, 0) is 48.5 Å². The average molecular weight is 554 g/mol. The lowest BCUT2D eigenvalue weighted by Crippen LogP contribution is -2.30. The number of sulfonamides is 1. The van der Waals surface area contributed by atoms with Gasteiger partial charge in [0.2, 0.25) is 21.8 Å². The molecule has 1 aliphatic heterocycles. The van der Waals surface area contributed by atoms with Crippen molar-refractivity contribution in [1.82, 2.24) is 9.62 Å². The quantitative estimate of drug-likeness (QED) is 0.289. The van der Waals surface area contributed by atoms with Crippen LogP contribution in [0.4, 0.5) is 5.69 Å². The molecule has 10 nitrogen and oxygen atoms in total. The molecular weight excluding hydrogens is 526 g/mol. The predicted octanol–water partition coefficient (Wildman–Crippen LogP) is 3.93. The van der Waals surface area contributed by atoms with Crippen LogP contribution < -0.4 is 10.6 Å². The second kappa shape index (κ2) is 12.2. The minimum Gasteiger partial charge on any atom is -0.455 e. The van der Waals surface area contributed by atoms with Gasteiger partial charge in [-0.2, -0.15) is 9.41 Å². The Morgan fingerprint density at radius 3 is 2.47 bits per heavy atom. The molecule has 2 N–H and O–H groups in total. The third-order valence-electron chi connectivity index (χ3n) is 5.65. The number of hydrogen-bond donors (Lipinski definition) is 2. The van der Waals surface area contributed by atoms with Gasteiger partial charge in [-0.1, -0.05) is 43.8 Å². The summed E-state index contributed by atoms with van der Waals surface area (Å²) in [6, 6.07) is 19.0. The first-order valence-electron chi connectivity index (χ1n) is 11.9. The Morgan fingerprint density at radius 1 is 1.08 bits per heavy atom. The number of hydrogen-bond acceptors (Lipinski definition) is 8. The number of amides is 2. The van der Waals surface area contributed by atoms with Crippen molar-refractivity contribution in [3.8, 4) is 11.3 Å². The summed E-state index contributed by atoms with van der Waals surface area (Å²) < 4.78 is 32.5. The van der Waals surface area contributed by atoms with Gasteiger partial charge in [0.1, 0.15) is 16.8 Å². The van der Waals surface area contributed by atoms with E-state index >= 15 is 0 Å². The Balaban J connectivity index is 1.34. The predicted molar refractivity (Wildman–Crippen MR) is 148 cm³/mol. The summed E-state index contributed by atoms with van der Waals surface area (Å²) in [6.07, 6.45) is 1.41. The van der Waals surface area contributed by atoms with Crippen LogP contribution in [0.3, 0.4) is 0 Å². The maximum Gasteiger partial charge on any atom is 0.243 e. The lowest BCUT2D eigenvalue weighted by molar-refractivity contribution is -0.122. The summed E-state index contributed by atoms with van der Waals surface area (Å²) in [5.74, 6) is 0.394. The number of nitrogens with one attached hydrogen (secondary N) is 2. The van der Waals surface area contributed by atoms with E-state index in [-0.39, 0.29) is 23.1 Å². The van der Waals surface area contributed by atoms with Gasteiger partial charge in [0.15, 0.2) is 5.17 Å². The zero-order valence-electron chi connectivity index (χ0n) is 20.8. The van der Waals surface area contributed by atoms with E-state index in [9.17, 15) is 18.0 Å². The van der Waals surface area contributed by atoms with Crippen molar-refractivity contribution in [2.45, 2.75) is 30.4 Å². The standard InChI is InChI=1S/C26H27N5O5S2/c1-3-31(4-2)38(34,35)21-13-10-18(11-14-21)22-15-12-20(36-22)17-27-30-26-29-25(33)23(37-26)16-24(32)28-19-8-6-5-7-9-19/h5-15,17,23H,3-4,16H2,1-2H3,(H,28,32)(H,29,30,33)/b27-17+.